The van der Waals surface area contributed by atoms with Crippen LogP contribution in [0.4, 0.5) is 0 Å². The van der Waals surface area contributed by atoms with Crippen LogP contribution in [0.15, 0.2) is 59.2 Å². The number of carboxylic acid groups (broad SMARTS) is 3. The second-order valence-electron chi connectivity index (χ2n) is 4.63. The van der Waals surface area contributed by atoms with Gasteiger partial charge in [-0.25, -0.2) is 14.4 Å². The molecule has 3 rings (SSSR count). The molecule has 2 aromatic carbocycles. The zero-order valence-corrected chi connectivity index (χ0v) is 12.2. The Hall–Kier alpha value is -3.61. The number of rotatable bonds is 3. The lowest BCUT2D eigenvalue weighted by atomic mass is 10.1. The van der Waals surface area contributed by atoms with Crippen LogP contribution in [0, 0.1) is 0 Å². The first-order valence-electron chi connectivity index (χ1n) is 6.66. The molecule has 1 heterocycles. The van der Waals surface area contributed by atoms with Crippen molar-refractivity contribution in [2.75, 3.05) is 0 Å². The van der Waals surface area contributed by atoms with Gasteiger partial charge in [-0.1, -0.05) is 12.1 Å². The molecule has 0 amide bonds. The number of benzene rings is 2. The smallest absolute Gasteiger partial charge is 0.336 e. The Balaban J connectivity index is 0.000000174. The van der Waals surface area contributed by atoms with Crippen LogP contribution in [0.25, 0.3) is 11.0 Å². The standard InChI is InChI=1S/C9H6O3.C8H6O4/c10-9(11)7-2-1-3-8-6(7)4-5-12-8;9-7(10)5-2-1-3-6(4-5)8(11)12/h1-5H,(H,10,11);1-4H,(H,9,10)(H,11,12). The number of hydrogen-bond acceptors (Lipinski definition) is 4. The summed E-state index contributed by atoms with van der Waals surface area (Å²) in [7, 11) is 0. The molecule has 0 saturated heterocycles. The Bertz CT molecular complexity index is 879. The maximum atomic E-state index is 10.7. The van der Waals surface area contributed by atoms with E-state index in [4.69, 9.17) is 19.7 Å². The average Bonchev–Trinajstić information content (AvgIpc) is 3.03. The predicted molar refractivity (Wildman–Crippen MR) is 83.5 cm³/mol. The van der Waals surface area contributed by atoms with Crippen LogP contribution >= 0.6 is 0 Å². The number of aromatic carboxylic acids is 3. The van der Waals surface area contributed by atoms with Crippen molar-refractivity contribution in [3.63, 3.8) is 0 Å². The van der Waals surface area contributed by atoms with Crippen LogP contribution in [0.1, 0.15) is 31.1 Å². The van der Waals surface area contributed by atoms with E-state index in [-0.39, 0.29) is 16.7 Å². The van der Waals surface area contributed by atoms with Crippen LogP contribution in [0.2, 0.25) is 0 Å². The zero-order chi connectivity index (χ0) is 17.7. The highest BCUT2D eigenvalue weighted by molar-refractivity contribution is 6.02. The molecule has 7 heteroatoms. The van der Waals surface area contributed by atoms with E-state index in [1.54, 1.807) is 24.3 Å². The van der Waals surface area contributed by atoms with Crippen molar-refractivity contribution in [2.45, 2.75) is 0 Å². The van der Waals surface area contributed by atoms with Crippen LogP contribution in [0.3, 0.4) is 0 Å². The number of carbonyl (C=O) groups is 3. The summed E-state index contributed by atoms with van der Waals surface area (Å²) in [5.74, 6) is -3.18. The second kappa shape index (κ2) is 7.10. The van der Waals surface area contributed by atoms with Crippen LogP contribution < -0.4 is 0 Å². The maximum Gasteiger partial charge on any atom is 0.336 e. The summed E-state index contributed by atoms with van der Waals surface area (Å²) < 4.78 is 5.05. The lowest BCUT2D eigenvalue weighted by Gasteiger charge is -1.95. The molecule has 0 aliphatic carbocycles. The topological polar surface area (TPSA) is 125 Å². The fourth-order valence-corrected chi connectivity index (χ4v) is 1.97. The van der Waals surface area contributed by atoms with Crippen molar-refractivity contribution in [1.29, 1.82) is 0 Å². The second-order valence-corrected chi connectivity index (χ2v) is 4.63. The molecule has 122 valence electrons. The summed E-state index contributed by atoms with van der Waals surface area (Å²) >= 11 is 0. The third kappa shape index (κ3) is 3.77. The SMILES string of the molecule is O=C(O)c1cccc(C(=O)O)c1.O=C(O)c1cccc2occc12. The van der Waals surface area contributed by atoms with E-state index >= 15 is 0 Å². The molecule has 0 aliphatic heterocycles. The van der Waals surface area contributed by atoms with Gasteiger partial charge >= 0.3 is 17.9 Å². The van der Waals surface area contributed by atoms with Crippen molar-refractivity contribution < 1.29 is 34.1 Å². The molecule has 0 radical (unpaired) electrons. The van der Waals surface area contributed by atoms with Crippen molar-refractivity contribution in [1.82, 2.24) is 0 Å². The van der Waals surface area contributed by atoms with Gasteiger partial charge < -0.3 is 19.7 Å². The Kier molecular flexibility index (Phi) is 4.96. The first kappa shape index (κ1) is 16.8. The van der Waals surface area contributed by atoms with E-state index < -0.39 is 17.9 Å². The molecule has 1 aromatic heterocycles. The van der Waals surface area contributed by atoms with Gasteiger partial charge in [0.25, 0.3) is 0 Å². The Labute approximate surface area is 135 Å². The minimum atomic E-state index is -1.13. The van der Waals surface area contributed by atoms with Crippen LogP contribution in [0.5, 0.6) is 0 Å². The van der Waals surface area contributed by atoms with E-state index in [0.717, 1.165) is 6.07 Å². The number of fused-ring (bicyclic) bond motifs is 1. The van der Waals surface area contributed by atoms with Crippen molar-refractivity contribution in [3.05, 3.63) is 71.5 Å². The van der Waals surface area contributed by atoms with Crippen molar-refractivity contribution >= 4 is 28.9 Å². The lowest BCUT2D eigenvalue weighted by molar-refractivity contribution is 0.0683. The summed E-state index contributed by atoms with van der Waals surface area (Å²) in [4.78, 5) is 31.4. The molecule has 0 saturated carbocycles. The average molecular weight is 328 g/mol. The van der Waals surface area contributed by atoms with Gasteiger partial charge in [-0.2, -0.15) is 0 Å². The fourth-order valence-electron chi connectivity index (χ4n) is 1.97. The highest BCUT2D eigenvalue weighted by atomic mass is 16.4. The van der Waals surface area contributed by atoms with Gasteiger partial charge in [0.2, 0.25) is 0 Å². The van der Waals surface area contributed by atoms with E-state index in [1.165, 1.54) is 24.5 Å². The molecule has 0 aliphatic rings. The molecule has 0 atom stereocenters. The molecule has 3 N–H and O–H groups in total. The maximum absolute atomic E-state index is 10.7. The van der Waals surface area contributed by atoms with E-state index in [2.05, 4.69) is 0 Å². The quantitative estimate of drug-likeness (QED) is 0.674. The highest BCUT2D eigenvalue weighted by Gasteiger charge is 2.08. The summed E-state index contributed by atoms with van der Waals surface area (Å²) in [5.41, 5.74) is 0.848. The molecular formula is C17H12O7. The minimum absolute atomic E-state index is 0.0186. The van der Waals surface area contributed by atoms with Gasteiger partial charge in [0.05, 0.1) is 23.0 Å². The third-order valence-electron chi connectivity index (χ3n) is 3.08. The molecule has 3 aromatic rings. The predicted octanol–water partition coefficient (Wildman–Crippen LogP) is 3.21. The monoisotopic (exact) mass is 328 g/mol. The summed E-state index contributed by atoms with van der Waals surface area (Å²) in [6, 6.07) is 11.8. The van der Waals surface area contributed by atoms with Gasteiger partial charge in [0, 0.05) is 5.39 Å². The van der Waals surface area contributed by atoms with Gasteiger partial charge in [-0.05, 0) is 36.4 Å². The summed E-state index contributed by atoms with van der Waals surface area (Å²) in [6.07, 6.45) is 1.48. The zero-order valence-electron chi connectivity index (χ0n) is 12.2. The molecule has 0 fully saturated rings. The first-order chi connectivity index (χ1) is 11.4. The Morgan fingerprint density at radius 3 is 1.88 bits per heavy atom. The Morgan fingerprint density at radius 2 is 1.33 bits per heavy atom. The van der Waals surface area contributed by atoms with E-state index in [0.29, 0.717) is 11.0 Å². The van der Waals surface area contributed by atoms with Crippen LogP contribution in [-0.4, -0.2) is 33.2 Å². The molecule has 0 unspecified atom stereocenters. The van der Waals surface area contributed by atoms with Gasteiger partial charge in [-0.3, -0.25) is 0 Å². The minimum Gasteiger partial charge on any atom is -0.478 e. The van der Waals surface area contributed by atoms with Crippen molar-refractivity contribution in [2.24, 2.45) is 0 Å². The molecule has 0 spiro atoms. The van der Waals surface area contributed by atoms with Crippen molar-refractivity contribution in [3.8, 4) is 0 Å². The van der Waals surface area contributed by atoms with E-state index in [9.17, 15) is 14.4 Å². The molecule has 24 heavy (non-hydrogen) atoms. The Morgan fingerprint density at radius 1 is 0.750 bits per heavy atom. The third-order valence-corrected chi connectivity index (χ3v) is 3.08. The van der Waals surface area contributed by atoms with Gasteiger partial charge in [0.15, 0.2) is 0 Å². The van der Waals surface area contributed by atoms with E-state index in [1.807, 2.05) is 0 Å². The summed E-state index contributed by atoms with van der Waals surface area (Å²) in [6.45, 7) is 0. The van der Waals surface area contributed by atoms with Gasteiger partial charge in [0.1, 0.15) is 5.58 Å². The number of furan rings is 1. The fraction of sp³-hybridized carbons (Fsp3) is 0. The molecular weight excluding hydrogens is 316 g/mol. The number of hydrogen-bond donors (Lipinski definition) is 3. The lowest BCUT2D eigenvalue weighted by Crippen LogP contribution is -2.01. The first-order valence-corrected chi connectivity index (χ1v) is 6.66. The van der Waals surface area contributed by atoms with Crippen LogP contribution in [-0.2, 0) is 0 Å². The number of carboxylic acids is 3. The normalized spacial score (nSPS) is 9.83. The largest absolute Gasteiger partial charge is 0.478 e. The summed E-state index contributed by atoms with van der Waals surface area (Å²) in [5, 5.41) is 26.4. The molecule has 0 bridgehead atoms. The van der Waals surface area contributed by atoms with Gasteiger partial charge in [-0.15, -0.1) is 0 Å². The highest BCUT2D eigenvalue weighted by Crippen LogP contribution is 2.19. The molecule has 7 nitrogen and oxygen atoms in total.